The molecule has 26 heavy (non-hydrogen) atoms. The molecule has 0 aromatic heterocycles. The summed E-state index contributed by atoms with van der Waals surface area (Å²) in [5, 5.41) is 12.1. The second-order valence-electron chi connectivity index (χ2n) is 7.21. The molecule has 0 saturated carbocycles. The van der Waals surface area contributed by atoms with Gasteiger partial charge < -0.3 is 25.0 Å². The van der Waals surface area contributed by atoms with Crippen LogP contribution in [-0.2, 0) is 9.53 Å². The van der Waals surface area contributed by atoms with Gasteiger partial charge in [0.15, 0.2) is 0 Å². The Labute approximate surface area is 153 Å². The number of hydrogen-bond acceptors (Lipinski definition) is 4. The number of carbonyl (C=O) groups is 2. The van der Waals surface area contributed by atoms with E-state index in [1.165, 1.54) is 0 Å². The number of rotatable bonds is 3. The molecule has 1 aromatic rings. The molecule has 2 unspecified atom stereocenters. The van der Waals surface area contributed by atoms with Crippen LogP contribution in [0.1, 0.15) is 26.7 Å². The highest BCUT2D eigenvalue weighted by Gasteiger charge is 2.28. The van der Waals surface area contributed by atoms with Gasteiger partial charge in [-0.25, -0.2) is 4.79 Å². The van der Waals surface area contributed by atoms with Crippen molar-refractivity contribution >= 4 is 23.4 Å². The number of anilines is 2. The maximum Gasteiger partial charge on any atom is 0.321 e. The molecular formula is C19H27N3O4. The van der Waals surface area contributed by atoms with Crippen molar-refractivity contribution in [3.05, 3.63) is 24.3 Å². The van der Waals surface area contributed by atoms with Crippen LogP contribution in [0.25, 0.3) is 0 Å². The second kappa shape index (κ2) is 7.95. The standard InChI is InChI=1S/C19H27N3O4/c1-13-11-22(12-14(2)26-13)17-6-4-3-5-16(17)20-19(25)21-9-7-15(8-10-21)18(23)24/h3-6,13-15H,7-12H2,1-2H3,(H,20,25)(H,23,24). The molecule has 1 aromatic carbocycles. The molecule has 2 aliphatic heterocycles. The number of benzene rings is 1. The van der Waals surface area contributed by atoms with E-state index in [0.717, 1.165) is 24.5 Å². The van der Waals surface area contributed by atoms with E-state index >= 15 is 0 Å². The summed E-state index contributed by atoms with van der Waals surface area (Å²) < 4.78 is 5.80. The smallest absolute Gasteiger partial charge is 0.321 e. The number of likely N-dealkylation sites (tertiary alicyclic amines) is 1. The number of urea groups is 1. The first-order valence-corrected chi connectivity index (χ1v) is 9.22. The Hall–Kier alpha value is -2.28. The van der Waals surface area contributed by atoms with Gasteiger partial charge in [-0.05, 0) is 38.8 Å². The number of para-hydroxylation sites is 2. The van der Waals surface area contributed by atoms with Gasteiger partial charge in [0.05, 0.1) is 29.5 Å². The lowest BCUT2D eigenvalue weighted by Crippen LogP contribution is -2.46. The molecule has 2 saturated heterocycles. The number of carbonyl (C=O) groups excluding carboxylic acids is 1. The molecule has 2 heterocycles. The molecular weight excluding hydrogens is 334 g/mol. The first-order valence-electron chi connectivity index (χ1n) is 9.22. The minimum absolute atomic E-state index is 0.137. The summed E-state index contributed by atoms with van der Waals surface area (Å²) in [4.78, 5) is 27.6. The van der Waals surface area contributed by atoms with Crippen LogP contribution in [0, 0.1) is 5.92 Å². The molecule has 7 heteroatoms. The Morgan fingerprint density at radius 3 is 2.35 bits per heavy atom. The van der Waals surface area contributed by atoms with Crippen LogP contribution in [0.5, 0.6) is 0 Å². The number of amides is 2. The van der Waals surface area contributed by atoms with E-state index in [1.54, 1.807) is 4.90 Å². The summed E-state index contributed by atoms with van der Waals surface area (Å²) in [5.74, 6) is -1.12. The summed E-state index contributed by atoms with van der Waals surface area (Å²) in [6, 6.07) is 7.62. The van der Waals surface area contributed by atoms with Gasteiger partial charge in [-0.15, -0.1) is 0 Å². The lowest BCUT2D eigenvalue weighted by atomic mass is 9.97. The molecule has 0 spiro atoms. The molecule has 7 nitrogen and oxygen atoms in total. The monoisotopic (exact) mass is 361 g/mol. The molecule has 0 radical (unpaired) electrons. The third-order valence-electron chi connectivity index (χ3n) is 5.04. The van der Waals surface area contributed by atoms with Crippen LogP contribution in [0.15, 0.2) is 24.3 Å². The van der Waals surface area contributed by atoms with Crippen molar-refractivity contribution in [3.63, 3.8) is 0 Å². The molecule has 2 amide bonds. The lowest BCUT2D eigenvalue weighted by molar-refractivity contribution is -0.143. The van der Waals surface area contributed by atoms with Crippen LogP contribution in [0.3, 0.4) is 0 Å². The van der Waals surface area contributed by atoms with Crippen molar-refractivity contribution in [1.29, 1.82) is 0 Å². The normalized spacial score (nSPS) is 24.4. The molecule has 2 atom stereocenters. The Morgan fingerprint density at radius 2 is 1.73 bits per heavy atom. The first kappa shape index (κ1) is 18.5. The minimum atomic E-state index is -0.772. The van der Waals surface area contributed by atoms with Gasteiger partial charge in [0.25, 0.3) is 0 Å². The number of ether oxygens (including phenoxy) is 1. The van der Waals surface area contributed by atoms with Gasteiger partial charge in [-0.2, -0.15) is 0 Å². The average Bonchev–Trinajstić information content (AvgIpc) is 2.61. The van der Waals surface area contributed by atoms with Gasteiger partial charge in [0.2, 0.25) is 0 Å². The van der Waals surface area contributed by atoms with Crippen LogP contribution >= 0.6 is 0 Å². The van der Waals surface area contributed by atoms with Crippen LogP contribution in [-0.4, -0.2) is 60.4 Å². The number of piperidine rings is 1. The second-order valence-corrected chi connectivity index (χ2v) is 7.21. The van der Waals surface area contributed by atoms with Gasteiger partial charge in [0.1, 0.15) is 0 Å². The minimum Gasteiger partial charge on any atom is -0.481 e. The van der Waals surface area contributed by atoms with Gasteiger partial charge >= 0.3 is 12.0 Å². The van der Waals surface area contributed by atoms with Gasteiger partial charge in [-0.1, -0.05) is 12.1 Å². The zero-order valence-electron chi connectivity index (χ0n) is 15.4. The largest absolute Gasteiger partial charge is 0.481 e. The highest BCUT2D eigenvalue weighted by molar-refractivity contribution is 5.93. The van der Waals surface area contributed by atoms with E-state index in [-0.39, 0.29) is 24.2 Å². The predicted octanol–water partition coefficient (Wildman–Crippen LogP) is 2.63. The summed E-state index contributed by atoms with van der Waals surface area (Å²) in [6.07, 6.45) is 1.28. The van der Waals surface area contributed by atoms with Crippen molar-refractivity contribution in [2.45, 2.75) is 38.9 Å². The summed E-state index contributed by atoms with van der Waals surface area (Å²) >= 11 is 0. The number of aliphatic carboxylic acids is 1. The fourth-order valence-electron chi connectivity index (χ4n) is 3.75. The van der Waals surface area contributed by atoms with E-state index in [4.69, 9.17) is 9.84 Å². The Bertz CT molecular complexity index is 648. The summed E-state index contributed by atoms with van der Waals surface area (Å²) in [7, 11) is 0. The topological polar surface area (TPSA) is 82.1 Å². The fourth-order valence-corrected chi connectivity index (χ4v) is 3.75. The van der Waals surface area contributed by atoms with E-state index in [9.17, 15) is 9.59 Å². The SMILES string of the molecule is CC1CN(c2ccccc2NC(=O)N2CCC(C(=O)O)CC2)CC(C)O1. The quantitative estimate of drug-likeness (QED) is 0.865. The highest BCUT2D eigenvalue weighted by atomic mass is 16.5. The number of hydrogen-bond donors (Lipinski definition) is 2. The number of carboxylic acid groups (broad SMARTS) is 1. The van der Waals surface area contributed by atoms with E-state index in [2.05, 4.69) is 24.1 Å². The van der Waals surface area contributed by atoms with Crippen LogP contribution < -0.4 is 10.2 Å². The Balaban J connectivity index is 1.67. The highest BCUT2D eigenvalue weighted by Crippen LogP contribution is 2.29. The molecule has 2 N–H and O–H groups in total. The Kier molecular flexibility index (Phi) is 5.66. The first-order chi connectivity index (χ1) is 12.4. The number of nitrogens with zero attached hydrogens (tertiary/aromatic N) is 2. The van der Waals surface area contributed by atoms with Crippen LogP contribution in [0.2, 0.25) is 0 Å². The van der Waals surface area contributed by atoms with E-state index < -0.39 is 5.97 Å². The van der Waals surface area contributed by atoms with Crippen molar-refractivity contribution in [2.24, 2.45) is 5.92 Å². The summed E-state index contributed by atoms with van der Waals surface area (Å²) in [5.41, 5.74) is 1.77. The maximum atomic E-state index is 12.6. The van der Waals surface area contributed by atoms with Gasteiger partial charge in [-0.3, -0.25) is 4.79 Å². The van der Waals surface area contributed by atoms with Crippen molar-refractivity contribution in [2.75, 3.05) is 36.4 Å². The Morgan fingerprint density at radius 1 is 1.12 bits per heavy atom. The predicted molar refractivity (Wildman–Crippen MR) is 99.6 cm³/mol. The van der Waals surface area contributed by atoms with E-state index in [1.807, 2.05) is 24.3 Å². The lowest BCUT2D eigenvalue weighted by Gasteiger charge is -2.38. The van der Waals surface area contributed by atoms with Crippen LogP contribution in [0.4, 0.5) is 16.2 Å². The zero-order valence-corrected chi connectivity index (χ0v) is 15.4. The third-order valence-corrected chi connectivity index (χ3v) is 5.04. The molecule has 0 aliphatic carbocycles. The zero-order chi connectivity index (χ0) is 18.7. The average molecular weight is 361 g/mol. The van der Waals surface area contributed by atoms with Crippen molar-refractivity contribution < 1.29 is 19.4 Å². The molecule has 2 fully saturated rings. The molecule has 2 aliphatic rings. The van der Waals surface area contributed by atoms with Crippen molar-refractivity contribution in [1.82, 2.24) is 4.90 Å². The van der Waals surface area contributed by atoms with Crippen molar-refractivity contribution in [3.8, 4) is 0 Å². The maximum absolute atomic E-state index is 12.6. The third kappa shape index (κ3) is 4.27. The fraction of sp³-hybridized carbons (Fsp3) is 0.579. The van der Waals surface area contributed by atoms with E-state index in [0.29, 0.717) is 25.9 Å². The number of nitrogens with one attached hydrogen (secondary N) is 1. The number of carboxylic acids is 1. The molecule has 0 bridgehead atoms. The van der Waals surface area contributed by atoms with Gasteiger partial charge in [0, 0.05) is 26.2 Å². The molecule has 142 valence electrons. The summed E-state index contributed by atoms with van der Waals surface area (Å²) in [6.45, 7) is 6.60. The molecule has 3 rings (SSSR count). The number of morpholine rings is 1.